The van der Waals surface area contributed by atoms with Crippen molar-refractivity contribution in [2.45, 2.75) is 24.9 Å². The number of nitrogens with two attached hydrogens (primary N) is 1. The minimum absolute atomic E-state index is 0.0715. The van der Waals surface area contributed by atoms with Gasteiger partial charge in [0.05, 0.1) is 0 Å². The molecule has 2 aliphatic carbocycles. The summed E-state index contributed by atoms with van der Waals surface area (Å²) in [6.45, 7) is 0.389. The summed E-state index contributed by atoms with van der Waals surface area (Å²) in [6, 6.07) is 8.81. The van der Waals surface area contributed by atoms with Crippen LogP contribution in [0.15, 0.2) is 29.6 Å². The third-order valence-electron chi connectivity index (χ3n) is 4.30. The summed E-state index contributed by atoms with van der Waals surface area (Å²) >= 11 is 1.44. The van der Waals surface area contributed by atoms with Crippen LogP contribution >= 0.6 is 11.3 Å². The predicted octanol–water partition coefficient (Wildman–Crippen LogP) is 1.67. The average molecular weight is 285 g/mol. The number of carbonyl (C=O) groups is 1. The van der Waals surface area contributed by atoms with Gasteiger partial charge in [-0.1, -0.05) is 24.3 Å². The van der Waals surface area contributed by atoms with Crippen LogP contribution in [-0.4, -0.2) is 16.9 Å². The van der Waals surface area contributed by atoms with E-state index < -0.39 is 0 Å². The van der Waals surface area contributed by atoms with Crippen LogP contribution in [0.4, 0.5) is 0 Å². The number of nitrogens with one attached hydrogen (secondary N) is 1. The Kier molecular flexibility index (Phi) is 2.65. The fourth-order valence-corrected chi connectivity index (χ4v) is 3.94. The van der Waals surface area contributed by atoms with Crippen LogP contribution in [-0.2, 0) is 13.0 Å². The van der Waals surface area contributed by atoms with E-state index in [-0.39, 0.29) is 11.9 Å². The van der Waals surface area contributed by atoms with Crippen LogP contribution in [0.2, 0.25) is 0 Å². The van der Waals surface area contributed by atoms with Gasteiger partial charge >= 0.3 is 0 Å². The van der Waals surface area contributed by atoms with Gasteiger partial charge < -0.3 is 11.1 Å². The standard InChI is InChI=1S/C15H15N3OS/c16-6-12-17-11(7-20-12)15(19)18-14-10-5-8-3-1-2-4-9(8)13(10)14/h1-4,7,10,13-14H,5-6,16H2,(H,18,19). The Morgan fingerprint density at radius 3 is 3.10 bits per heavy atom. The minimum Gasteiger partial charge on any atom is -0.347 e. The van der Waals surface area contributed by atoms with Crippen molar-refractivity contribution in [3.8, 4) is 0 Å². The monoisotopic (exact) mass is 285 g/mol. The number of thiazole rings is 1. The summed E-state index contributed by atoms with van der Waals surface area (Å²) in [7, 11) is 0. The van der Waals surface area contributed by atoms with Crippen molar-refractivity contribution in [3.63, 3.8) is 0 Å². The number of carbonyl (C=O) groups excluding carboxylic acids is 1. The van der Waals surface area contributed by atoms with Crippen LogP contribution in [0, 0.1) is 5.92 Å². The van der Waals surface area contributed by atoms with Gasteiger partial charge in [-0.2, -0.15) is 0 Å². The number of aromatic nitrogens is 1. The van der Waals surface area contributed by atoms with E-state index in [2.05, 4.69) is 34.6 Å². The zero-order valence-electron chi connectivity index (χ0n) is 10.9. The predicted molar refractivity (Wildman–Crippen MR) is 77.6 cm³/mol. The van der Waals surface area contributed by atoms with E-state index in [9.17, 15) is 4.79 Å². The number of hydrogen-bond donors (Lipinski definition) is 2. The number of hydrogen-bond acceptors (Lipinski definition) is 4. The largest absolute Gasteiger partial charge is 0.347 e. The Balaban J connectivity index is 1.47. The van der Waals surface area contributed by atoms with Gasteiger partial charge in [0.1, 0.15) is 10.7 Å². The van der Waals surface area contributed by atoms with Gasteiger partial charge in [-0.05, 0) is 23.5 Å². The third-order valence-corrected chi connectivity index (χ3v) is 5.17. The lowest BCUT2D eigenvalue weighted by molar-refractivity contribution is 0.0943. The molecule has 1 fully saturated rings. The molecular weight excluding hydrogens is 270 g/mol. The molecule has 4 rings (SSSR count). The molecule has 20 heavy (non-hydrogen) atoms. The molecule has 0 radical (unpaired) electrons. The maximum atomic E-state index is 12.2. The summed E-state index contributed by atoms with van der Waals surface area (Å²) in [5.74, 6) is 1.00. The van der Waals surface area contributed by atoms with Gasteiger partial charge in [-0.25, -0.2) is 4.98 Å². The fraction of sp³-hybridized carbons (Fsp3) is 0.333. The molecular formula is C15H15N3OS. The molecule has 5 heteroatoms. The second-order valence-corrected chi connectivity index (χ2v) is 6.37. The topological polar surface area (TPSA) is 68.0 Å². The lowest BCUT2D eigenvalue weighted by atomic mass is 10.1. The van der Waals surface area contributed by atoms with Crippen molar-refractivity contribution in [2.24, 2.45) is 11.7 Å². The first-order valence-corrected chi connectivity index (χ1v) is 7.69. The molecule has 2 aromatic rings. The van der Waals surface area contributed by atoms with Gasteiger partial charge in [0.2, 0.25) is 0 Å². The number of rotatable bonds is 3. The van der Waals surface area contributed by atoms with Crippen LogP contribution < -0.4 is 11.1 Å². The van der Waals surface area contributed by atoms with Gasteiger partial charge in [-0.15, -0.1) is 11.3 Å². The first kappa shape index (κ1) is 12.1. The van der Waals surface area contributed by atoms with Crippen molar-refractivity contribution in [2.75, 3.05) is 0 Å². The highest BCUT2D eigenvalue weighted by molar-refractivity contribution is 7.09. The van der Waals surface area contributed by atoms with E-state index in [4.69, 9.17) is 5.73 Å². The molecule has 1 aromatic carbocycles. The van der Waals surface area contributed by atoms with Crippen molar-refractivity contribution >= 4 is 17.2 Å². The molecule has 1 amide bonds. The first-order chi connectivity index (χ1) is 9.78. The second kappa shape index (κ2) is 4.40. The highest BCUT2D eigenvalue weighted by atomic mass is 32.1. The summed E-state index contributed by atoms with van der Waals surface area (Å²) in [5, 5.41) is 5.70. The summed E-state index contributed by atoms with van der Waals surface area (Å²) in [5.41, 5.74) is 8.86. The molecule has 3 N–H and O–H groups in total. The van der Waals surface area contributed by atoms with E-state index in [0.29, 0.717) is 24.1 Å². The molecule has 2 aliphatic rings. The summed E-state index contributed by atoms with van der Waals surface area (Å²) in [6.07, 6.45) is 1.08. The smallest absolute Gasteiger partial charge is 0.271 e. The van der Waals surface area contributed by atoms with Crippen molar-refractivity contribution in [3.05, 3.63) is 51.5 Å². The van der Waals surface area contributed by atoms with Gasteiger partial charge in [0.15, 0.2) is 0 Å². The summed E-state index contributed by atoms with van der Waals surface area (Å²) < 4.78 is 0. The molecule has 0 saturated heterocycles. The molecule has 0 spiro atoms. The van der Waals surface area contributed by atoms with Crippen molar-refractivity contribution in [1.82, 2.24) is 10.3 Å². The van der Waals surface area contributed by atoms with E-state index >= 15 is 0 Å². The van der Waals surface area contributed by atoms with Crippen LogP contribution in [0.25, 0.3) is 0 Å². The lowest BCUT2D eigenvalue weighted by Gasteiger charge is -2.08. The lowest BCUT2D eigenvalue weighted by Crippen LogP contribution is -2.29. The molecule has 1 saturated carbocycles. The maximum absolute atomic E-state index is 12.2. The molecule has 102 valence electrons. The fourth-order valence-electron chi connectivity index (χ4n) is 3.28. The van der Waals surface area contributed by atoms with E-state index in [0.717, 1.165) is 11.4 Å². The molecule has 3 unspecified atom stereocenters. The number of amides is 1. The molecule has 0 aliphatic heterocycles. The van der Waals surface area contributed by atoms with Crippen LogP contribution in [0.5, 0.6) is 0 Å². The quantitative estimate of drug-likeness (QED) is 0.901. The molecule has 1 aromatic heterocycles. The Morgan fingerprint density at radius 1 is 1.45 bits per heavy atom. The first-order valence-electron chi connectivity index (χ1n) is 6.81. The highest BCUT2D eigenvalue weighted by Gasteiger charge is 2.56. The van der Waals surface area contributed by atoms with Gasteiger partial charge in [-0.3, -0.25) is 4.79 Å². The third kappa shape index (κ3) is 1.77. The Morgan fingerprint density at radius 2 is 2.30 bits per heavy atom. The second-order valence-electron chi connectivity index (χ2n) is 5.42. The average Bonchev–Trinajstić information content (AvgIpc) is 2.87. The van der Waals surface area contributed by atoms with Crippen molar-refractivity contribution in [1.29, 1.82) is 0 Å². The SMILES string of the molecule is NCc1nc(C(=O)NC2C3Cc4ccccc4C32)cs1. The van der Waals surface area contributed by atoms with Crippen molar-refractivity contribution < 1.29 is 4.79 Å². The Bertz CT molecular complexity index is 681. The highest BCUT2D eigenvalue weighted by Crippen LogP contribution is 2.56. The van der Waals surface area contributed by atoms with Gasteiger partial charge in [0, 0.05) is 23.9 Å². The molecule has 3 atom stereocenters. The molecule has 0 bridgehead atoms. The normalized spacial score (nSPS) is 25.9. The summed E-state index contributed by atoms with van der Waals surface area (Å²) in [4.78, 5) is 16.4. The maximum Gasteiger partial charge on any atom is 0.271 e. The zero-order valence-corrected chi connectivity index (χ0v) is 11.7. The number of nitrogens with zero attached hydrogens (tertiary/aromatic N) is 1. The van der Waals surface area contributed by atoms with E-state index in [1.54, 1.807) is 5.38 Å². The zero-order chi connectivity index (χ0) is 13.7. The minimum atomic E-state index is -0.0715. The molecule has 1 heterocycles. The van der Waals surface area contributed by atoms with Crippen LogP contribution in [0.3, 0.4) is 0 Å². The Labute approximate surface area is 121 Å². The molecule has 4 nitrogen and oxygen atoms in total. The van der Waals surface area contributed by atoms with Gasteiger partial charge in [0.25, 0.3) is 5.91 Å². The van der Waals surface area contributed by atoms with E-state index in [1.807, 2.05) is 0 Å². The Hall–Kier alpha value is -1.72. The van der Waals surface area contributed by atoms with Crippen LogP contribution in [0.1, 0.15) is 32.5 Å². The van der Waals surface area contributed by atoms with E-state index in [1.165, 1.54) is 22.5 Å². The number of benzene rings is 1. The number of fused-ring (bicyclic) bond motifs is 3.